The average Bonchev–Trinajstić information content (AvgIpc) is 2.26. The Morgan fingerprint density at radius 2 is 1.88 bits per heavy atom. The number of rotatable bonds is 5. The summed E-state index contributed by atoms with van der Waals surface area (Å²) in [5.41, 5.74) is 0. The van der Waals surface area contributed by atoms with Gasteiger partial charge in [-0.1, -0.05) is 20.8 Å². The molecule has 0 saturated carbocycles. The lowest BCUT2D eigenvalue weighted by Crippen LogP contribution is -2.46. The molecule has 0 aromatic rings. The number of alkyl halides is 1. The van der Waals surface area contributed by atoms with Gasteiger partial charge in [0.15, 0.2) is 0 Å². The Labute approximate surface area is 110 Å². The highest BCUT2D eigenvalue weighted by Gasteiger charge is 2.26. The summed E-state index contributed by atoms with van der Waals surface area (Å²) in [6, 6.07) is 0. The molecule has 1 N–H and O–H groups in total. The van der Waals surface area contributed by atoms with Gasteiger partial charge in [-0.2, -0.15) is 12.7 Å². The Morgan fingerprint density at radius 3 is 2.35 bits per heavy atom. The fraction of sp³-hybridized carbons (Fsp3) is 1.00. The normalized spacial score (nSPS) is 21.9. The van der Waals surface area contributed by atoms with E-state index in [1.807, 2.05) is 13.8 Å². The van der Waals surface area contributed by atoms with Gasteiger partial charge in [-0.15, -0.1) is 11.6 Å². The fourth-order valence-corrected chi connectivity index (χ4v) is 3.17. The van der Waals surface area contributed by atoms with Crippen molar-refractivity contribution < 1.29 is 8.42 Å². The van der Waals surface area contributed by atoms with Gasteiger partial charge in [0.2, 0.25) is 0 Å². The van der Waals surface area contributed by atoms with Crippen molar-refractivity contribution in [3.05, 3.63) is 0 Å². The lowest BCUT2D eigenvalue weighted by atomic mass is 10.0. The summed E-state index contributed by atoms with van der Waals surface area (Å²) in [6.07, 6.45) is 1.88. The molecule has 1 saturated heterocycles. The van der Waals surface area contributed by atoms with Crippen LogP contribution in [0.25, 0.3) is 0 Å². The van der Waals surface area contributed by atoms with Gasteiger partial charge in [0.1, 0.15) is 0 Å². The molecule has 1 aliphatic heterocycles. The molecule has 1 rings (SSSR count). The van der Waals surface area contributed by atoms with Crippen LogP contribution in [0.5, 0.6) is 0 Å². The van der Waals surface area contributed by atoms with Gasteiger partial charge in [0.25, 0.3) is 10.2 Å². The lowest BCUT2D eigenvalue weighted by molar-refractivity contribution is 0.285. The monoisotopic (exact) mass is 282 g/mol. The molecule has 0 aromatic heterocycles. The molecule has 4 nitrogen and oxygen atoms in total. The Balaban J connectivity index is 2.46. The molecule has 0 amide bonds. The second-order valence-electron chi connectivity index (χ2n) is 5.20. The zero-order chi connectivity index (χ0) is 13.1. The summed E-state index contributed by atoms with van der Waals surface area (Å²) in [6.45, 7) is 7.65. The molecule has 102 valence electrons. The van der Waals surface area contributed by atoms with Gasteiger partial charge >= 0.3 is 0 Å². The molecule has 0 aromatic carbocycles. The van der Waals surface area contributed by atoms with E-state index in [-0.39, 0.29) is 11.3 Å². The van der Waals surface area contributed by atoms with Crippen molar-refractivity contribution in [2.75, 3.05) is 19.6 Å². The van der Waals surface area contributed by atoms with Crippen molar-refractivity contribution in [2.45, 2.75) is 39.0 Å². The third-order valence-corrected chi connectivity index (χ3v) is 5.50. The first-order valence-corrected chi connectivity index (χ1v) is 8.09. The summed E-state index contributed by atoms with van der Waals surface area (Å²) in [7, 11) is -3.34. The van der Waals surface area contributed by atoms with Gasteiger partial charge in [-0.3, -0.25) is 0 Å². The summed E-state index contributed by atoms with van der Waals surface area (Å²) >= 11 is 6.04. The van der Waals surface area contributed by atoms with E-state index in [0.717, 1.165) is 12.8 Å². The minimum atomic E-state index is -3.34. The van der Waals surface area contributed by atoms with Crippen molar-refractivity contribution in [2.24, 2.45) is 11.8 Å². The molecule has 1 unspecified atom stereocenters. The lowest BCUT2D eigenvalue weighted by Gasteiger charge is -2.29. The number of hydrogen-bond donors (Lipinski definition) is 1. The molecule has 1 atom stereocenters. The van der Waals surface area contributed by atoms with E-state index in [1.54, 1.807) is 0 Å². The SMILES string of the molecule is CC1CCN(S(=O)(=O)NCC(Cl)C(C)C)CC1. The first-order valence-electron chi connectivity index (χ1n) is 6.21. The Morgan fingerprint density at radius 1 is 1.35 bits per heavy atom. The third-order valence-electron chi connectivity index (χ3n) is 3.27. The molecular formula is C11H23ClN2O2S. The van der Waals surface area contributed by atoms with Gasteiger partial charge in [-0.25, -0.2) is 4.72 Å². The average molecular weight is 283 g/mol. The topological polar surface area (TPSA) is 49.4 Å². The molecule has 6 heteroatoms. The predicted molar refractivity (Wildman–Crippen MR) is 71.4 cm³/mol. The van der Waals surface area contributed by atoms with E-state index < -0.39 is 10.2 Å². The van der Waals surface area contributed by atoms with E-state index in [2.05, 4.69) is 11.6 Å². The molecule has 0 spiro atoms. The smallest absolute Gasteiger partial charge is 0.201 e. The van der Waals surface area contributed by atoms with Gasteiger partial charge in [0.05, 0.1) is 0 Å². The number of nitrogens with zero attached hydrogens (tertiary/aromatic N) is 1. The molecule has 1 heterocycles. The van der Waals surface area contributed by atoms with Crippen LogP contribution >= 0.6 is 11.6 Å². The molecule has 0 radical (unpaired) electrons. The van der Waals surface area contributed by atoms with E-state index in [1.165, 1.54) is 4.31 Å². The van der Waals surface area contributed by atoms with E-state index in [4.69, 9.17) is 11.6 Å². The maximum absolute atomic E-state index is 12.0. The zero-order valence-corrected chi connectivity index (χ0v) is 12.4. The van der Waals surface area contributed by atoms with Crippen molar-refractivity contribution >= 4 is 21.8 Å². The number of halogens is 1. The second kappa shape index (κ2) is 6.36. The molecule has 1 aliphatic rings. The summed E-state index contributed by atoms with van der Waals surface area (Å²) in [5.74, 6) is 0.888. The molecule has 17 heavy (non-hydrogen) atoms. The van der Waals surface area contributed by atoms with Crippen LogP contribution in [0, 0.1) is 11.8 Å². The number of hydrogen-bond acceptors (Lipinski definition) is 2. The van der Waals surface area contributed by atoms with Crippen LogP contribution in [-0.2, 0) is 10.2 Å². The van der Waals surface area contributed by atoms with Gasteiger partial charge in [0, 0.05) is 25.0 Å². The Kier molecular flexibility index (Phi) is 5.70. The van der Waals surface area contributed by atoms with Gasteiger partial charge in [-0.05, 0) is 24.7 Å². The summed E-state index contributed by atoms with van der Waals surface area (Å²) < 4.78 is 28.1. The van der Waals surface area contributed by atoms with Crippen molar-refractivity contribution in [3.63, 3.8) is 0 Å². The van der Waals surface area contributed by atoms with Crippen LogP contribution in [0.3, 0.4) is 0 Å². The highest BCUT2D eigenvalue weighted by molar-refractivity contribution is 7.87. The zero-order valence-electron chi connectivity index (χ0n) is 10.8. The molecule has 0 bridgehead atoms. The number of piperidine rings is 1. The molecule has 1 fully saturated rings. The summed E-state index contributed by atoms with van der Waals surface area (Å²) in [5, 5.41) is -0.159. The van der Waals surface area contributed by atoms with Crippen LogP contribution in [0.1, 0.15) is 33.6 Å². The van der Waals surface area contributed by atoms with Crippen molar-refractivity contribution in [3.8, 4) is 0 Å². The highest BCUT2D eigenvalue weighted by Crippen LogP contribution is 2.18. The van der Waals surface area contributed by atoms with Gasteiger partial charge < -0.3 is 0 Å². The fourth-order valence-electron chi connectivity index (χ4n) is 1.74. The number of nitrogens with one attached hydrogen (secondary N) is 1. The quantitative estimate of drug-likeness (QED) is 0.782. The van der Waals surface area contributed by atoms with Crippen LogP contribution in [0.4, 0.5) is 0 Å². The Bertz CT molecular complexity index is 324. The molecule has 0 aliphatic carbocycles. The first-order chi connectivity index (χ1) is 7.83. The maximum atomic E-state index is 12.0. The van der Waals surface area contributed by atoms with E-state index in [0.29, 0.717) is 25.6 Å². The maximum Gasteiger partial charge on any atom is 0.279 e. The van der Waals surface area contributed by atoms with E-state index in [9.17, 15) is 8.42 Å². The van der Waals surface area contributed by atoms with Crippen LogP contribution in [0.2, 0.25) is 0 Å². The van der Waals surface area contributed by atoms with Crippen LogP contribution in [-0.4, -0.2) is 37.7 Å². The third kappa shape index (κ3) is 4.73. The van der Waals surface area contributed by atoms with Crippen LogP contribution < -0.4 is 4.72 Å². The summed E-state index contributed by atoms with van der Waals surface area (Å²) in [4.78, 5) is 0. The minimum absolute atomic E-state index is 0.159. The largest absolute Gasteiger partial charge is 0.279 e. The molecular weight excluding hydrogens is 260 g/mol. The second-order valence-corrected chi connectivity index (χ2v) is 7.51. The standard InChI is InChI=1S/C11H23ClN2O2S/c1-9(2)11(12)8-13-17(15,16)14-6-4-10(3)5-7-14/h9-11,13H,4-8H2,1-3H3. The minimum Gasteiger partial charge on any atom is -0.201 e. The highest BCUT2D eigenvalue weighted by atomic mass is 35.5. The first kappa shape index (κ1) is 15.2. The van der Waals surface area contributed by atoms with Crippen molar-refractivity contribution in [1.29, 1.82) is 0 Å². The van der Waals surface area contributed by atoms with Crippen molar-refractivity contribution in [1.82, 2.24) is 9.03 Å². The van der Waals surface area contributed by atoms with Crippen LogP contribution in [0.15, 0.2) is 0 Å². The predicted octanol–water partition coefficient (Wildman–Crippen LogP) is 1.82. The van der Waals surface area contributed by atoms with E-state index >= 15 is 0 Å². The Hall–Kier alpha value is 0.160.